The molecule has 2 rings (SSSR count). The van der Waals surface area contributed by atoms with Gasteiger partial charge in [0.1, 0.15) is 5.82 Å². The van der Waals surface area contributed by atoms with E-state index >= 15 is 0 Å². The summed E-state index contributed by atoms with van der Waals surface area (Å²) in [5.74, 6) is -1.91. The molecule has 0 bridgehead atoms. The lowest BCUT2D eigenvalue weighted by Gasteiger charge is -2.15. The van der Waals surface area contributed by atoms with Gasteiger partial charge in [-0.05, 0) is 37.3 Å². The van der Waals surface area contributed by atoms with Crippen LogP contribution in [0.1, 0.15) is 33.9 Å². The number of nitrogens with one attached hydrogen (secondary N) is 2. The molecule has 0 radical (unpaired) electrons. The maximum absolute atomic E-state index is 14.0. The van der Waals surface area contributed by atoms with E-state index in [1.54, 1.807) is 0 Å². The predicted molar refractivity (Wildman–Crippen MR) is 76.2 cm³/mol. The van der Waals surface area contributed by atoms with Crippen LogP contribution in [0, 0.1) is 11.2 Å². The van der Waals surface area contributed by atoms with Gasteiger partial charge in [0.05, 0.1) is 11.6 Å². The van der Waals surface area contributed by atoms with Crippen LogP contribution >= 0.6 is 0 Å². The molecule has 1 atom stereocenters. The molecule has 1 aromatic rings. The van der Waals surface area contributed by atoms with E-state index in [0.717, 1.165) is 6.07 Å². The molecule has 1 aromatic carbocycles. The van der Waals surface area contributed by atoms with E-state index in [2.05, 4.69) is 17.0 Å². The quantitative estimate of drug-likeness (QED) is 0.582. The Bertz CT molecular complexity index is 660. The van der Waals surface area contributed by atoms with E-state index in [1.165, 1.54) is 6.07 Å². The fraction of sp³-hybridized carbons (Fsp3) is 0.286. The first-order chi connectivity index (χ1) is 10.4. The number of carbonyl (C=O) groups excluding carboxylic acids is 1. The van der Waals surface area contributed by atoms with E-state index in [1.807, 2.05) is 0 Å². The number of halogens is 1. The predicted octanol–water partition coefficient (Wildman–Crippen LogP) is 1.92. The number of ether oxygens (including phenoxy) is 1. The number of carboxylic acids is 1. The summed E-state index contributed by atoms with van der Waals surface area (Å²) in [6.07, 6.45) is -0.0987. The molecule has 1 unspecified atom stereocenters. The highest BCUT2D eigenvalue weighted by atomic mass is 19.1. The fourth-order valence-corrected chi connectivity index (χ4v) is 2.42. The highest BCUT2D eigenvalue weighted by molar-refractivity contribution is 5.90. The summed E-state index contributed by atoms with van der Waals surface area (Å²) in [4.78, 5) is 26.0. The SMILES string of the molecule is C=NC(=N)COC(=O)NC1CCc2c(C(=O)O)ccc(F)c21. The van der Waals surface area contributed by atoms with Gasteiger partial charge < -0.3 is 15.2 Å². The van der Waals surface area contributed by atoms with Crippen molar-refractivity contribution in [2.45, 2.75) is 18.9 Å². The average Bonchev–Trinajstić information content (AvgIpc) is 2.89. The summed E-state index contributed by atoms with van der Waals surface area (Å²) >= 11 is 0. The van der Waals surface area contributed by atoms with E-state index < -0.39 is 23.9 Å². The van der Waals surface area contributed by atoms with Crippen LogP contribution in [0.3, 0.4) is 0 Å². The van der Waals surface area contributed by atoms with Crippen LogP contribution in [0.25, 0.3) is 0 Å². The number of amides is 1. The van der Waals surface area contributed by atoms with Gasteiger partial charge in [0, 0.05) is 5.56 Å². The molecule has 0 saturated carbocycles. The lowest BCUT2D eigenvalue weighted by molar-refractivity contribution is 0.0695. The first kappa shape index (κ1) is 15.6. The van der Waals surface area contributed by atoms with Gasteiger partial charge in [0.15, 0.2) is 12.4 Å². The van der Waals surface area contributed by atoms with Crippen LogP contribution in [0.5, 0.6) is 0 Å². The Morgan fingerprint density at radius 3 is 2.91 bits per heavy atom. The van der Waals surface area contributed by atoms with Crippen molar-refractivity contribution in [3.05, 3.63) is 34.6 Å². The van der Waals surface area contributed by atoms with Crippen LogP contribution < -0.4 is 5.32 Å². The number of nitrogens with zero attached hydrogens (tertiary/aromatic N) is 1. The zero-order valence-electron chi connectivity index (χ0n) is 11.6. The number of aliphatic imine (C=N–C) groups is 1. The van der Waals surface area contributed by atoms with E-state index in [0.29, 0.717) is 18.4 Å². The molecule has 116 valence electrons. The van der Waals surface area contributed by atoms with Gasteiger partial charge >= 0.3 is 12.1 Å². The number of rotatable bonds is 4. The van der Waals surface area contributed by atoms with Crippen molar-refractivity contribution in [1.29, 1.82) is 5.41 Å². The van der Waals surface area contributed by atoms with E-state index in [9.17, 15) is 14.0 Å². The Hall–Kier alpha value is -2.77. The number of hydrogen-bond acceptors (Lipinski definition) is 4. The van der Waals surface area contributed by atoms with Crippen LogP contribution in [0.15, 0.2) is 17.1 Å². The summed E-state index contributed by atoms with van der Waals surface area (Å²) < 4.78 is 18.7. The number of alkyl carbamates (subject to hydrolysis) is 1. The molecule has 1 amide bonds. The zero-order valence-corrected chi connectivity index (χ0v) is 11.6. The van der Waals surface area contributed by atoms with Crippen LogP contribution in [0.4, 0.5) is 9.18 Å². The van der Waals surface area contributed by atoms with Crippen molar-refractivity contribution in [2.75, 3.05) is 6.61 Å². The third-order valence-electron chi connectivity index (χ3n) is 3.39. The largest absolute Gasteiger partial charge is 0.478 e. The molecule has 0 fully saturated rings. The Morgan fingerprint density at radius 2 is 2.27 bits per heavy atom. The average molecular weight is 307 g/mol. The van der Waals surface area contributed by atoms with Crippen molar-refractivity contribution in [3.8, 4) is 0 Å². The summed E-state index contributed by atoms with van der Waals surface area (Å²) in [6, 6.07) is 1.63. The van der Waals surface area contributed by atoms with Gasteiger partial charge in [-0.3, -0.25) is 5.41 Å². The molecular weight excluding hydrogens is 293 g/mol. The highest BCUT2D eigenvalue weighted by Crippen LogP contribution is 2.35. The maximum Gasteiger partial charge on any atom is 0.408 e. The summed E-state index contributed by atoms with van der Waals surface area (Å²) in [7, 11) is 0. The van der Waals surface area contributed by atoms with Crippen molar-refractivity contribution in [1.82, 2.24) is 5.32 Å². The molecular formula is C14H14FN3O4. The molecule has 0 aromatic heterocycles. The smallest absolute Gasteiger partial charge is 0.408 e. The van der Waals surface area contributed by atoms with Crippen molar-refractivity contribution < 1.29 is 23.8 Å². The first-order valence-corrected chi connectivity index (χ1v) is 6.46. The minimum atomic E-state index is -1.13. The van der Waals surface area contributed by atoms with Crippen LogP contribution in [0.2, 0.25) is 0 Å². The summed E-state index contributed by atoms with van der Waals surface area (Å²) in [5, 5.41) is 18.8. The number of aromatic carboxylic acids is 1. The summed E-state index contributed by atoms with van der Waals surface area (Å²) in [5.41, 5.74) is 0.596. The van der Waals surface area contributed by atoms with Gasteiger partial charge in [-0.15, -0.1) is 0 Å². The molecule has 0 heterocycles. The molecule has 0 aliphatic heterocycles. The maximum atomic E-state index is 14.0. The molecule has 0 spiro atoms. The van der Waals surface area contributed by atoms with Crippen molar-refractivity contribution in [3.63, 3.8) is 0 Å². The van der Waals surface area contributed by atoms with E-state index in [4.69, 9.17) is 15.3 Å². The molecule has 22 heavy (non-hydrogen) atoms. The normalized spacial score (nSPS) is 15.8. The van der Waals surface area contributed by atoms with Gasteiger partial charge in [-0.1, -0.05) is 0 Å². The second-order valence-electron chi connectivity index (χ2n) is 4.71. The van der Waals surface area contributed by atoms with Crippen molar-refractivity contribution >= 4 is 24.6 Å². The van der Waals surface area contributed by atoms with Gasteiger partial charge in [-0.2, -0.15) is 0 Å². The number of fused-ring (bicyclic) bond motifs is 1. The molecule has 3 N–H and O–H groups in total. The van der Waals surface area contributed by atoms with Gasteiger partial charge in [0.25, 0.3) is 0 Å². The third kappa shape index (κ3) is 3.11. The monoisotopic (exact) mass is 307 g/mol. The third-order valence-corrected chi connectivity index (χ3v) is 3.39. The number of carbonyl (C=O) groups is 2. The first-order valence-electron chi connectivity index (χ1n) is 6.46. The Balaban J connectivity index is 2.13. The van der Waals surface area contributed by atoms with Crippen LogP contribution in [-0.4, -0.2) is 36.3 Å². The van der Waals surface area contributed by atoms with Gasteiger partial charge in [-0.25, -0.2) is 19.0 Å². The molecule has 8 heteroatoms. The highest BCUT2D eigenvalue weighted by Gasteiger charge is 2.31. The molecule has 7 nitrogen and oxygen atoms in total. The Labute approximate surface area is 125 Å². The molecule has 1 aliphatic carbocycles. The standard InChI is InChI=1S/C14H14FN3O4/c1-17-11(16)6-22-14(21)18-10-5-3-7-8(13(19)20)2-4-9(15)12(7)10/h2,4,10,16H,1,3,5-6H2,(H,18,21)(H,19,20). The lowest BCUT2D eigenvalue weighted by atomic mass is 10.0. The van der Waals surface area contributed by atoms with Gasteiger partial charge in [0.2, 0.25) is 0 Å². The molecule has 0 saturated heterocycles. The second-order valence-corrected chi connectivity index (χ2v) is 4.71. The van der Waals surface area contributed by atoms with Crippen LogP contribution in [-0.2, 0) is 11.2 Å². The summed E-state index contributed by atoms with van der Waals surface area (Å²) in [6.45, 7) is 2.78. The number of carboxylic acid groups (broad SMARTS) is 1. The van der Waals surface area contributed by atoms with E-state index in [-0.39, 0.29) is 23.6 Å². The lowest BCUT2D eigenvalue weighted by Crippen LogP contribution is -2.29. The Kier molecular flexibility index (Phi) is 4.50. The topological polar surface area (TPSA) is 112 Å². The Morgan fingerprint density at radius 1 is 1.55 bits per heavy atom. The number of hydrogen-bond donors (Lipinski definition) is 3. The minimum absolute atomic E-state index is 0.0340. The van der Waals surface area contributed by atoms with Crippen molar-refractivity contribution in [2.24, 2.45) is 4.99 Å². The minimum Gasteiger partial charge on any atom is -0.478 e. The zero-order chi connectivity index (χ0) is 16.3. The number of benzene rings is 1. The number of amidine groups is 1. The molecule has 1 aliphatic rings. The fourth-order valence-electron chi connectivity index (χ4n) is 2.42. The second kappa shape index (κ2) is 6.33.